The molecule has 0 bridgehead atoms. The maximum atomic E-state index is 12.8. The van der Waals surface area contributed by atoms with E-state index in [0.29, 0.717) is 12.6 Å². The average molecular weight is 383 g/mol. The molecular formula is C19H30N2O4S. The number of aliphatic hydroxyl groups excluding tert-OH is 1. The molecule has 2 aliphatic rings. The summed E-state index contributed by atoms with van der Waals surface area (Å²) in [4.78, 5) is 2.40. The van der Waals surface area contributed by atoms with Gasteiger partial charge in [-0.05, 0) is 31.5 Å². The fourth-order valence-electron chi connectivity index (χ4n) is 4.22. The van der Waals surface area contributed by atoms with Crippen molar-refractivity contribution in [2.45, 2.75) is 61.7 Å². The van der Waals surface area contributed by atoms with E-state index in [2.05, 4.69) is 11.8 Å². The van der Waals surface area contributed by atoms with Crippen molar-refractivity contribution in [3.63, 3.8) is 0 Å². The quantitative estimate of drug-likeness (QED) is 0.778. The summed E-state index contributed by atoms with van der Waals surface area (Å²) >= 11 is 0. The highest BCUT2D eigenvalue weighted by atomic mass is 32.2. The molecule has 1 aromatic rings. The molecule has 0 amide bonds. The average Bonchev–Trinajstić information content (AvgIpc) is 2.97. The van der Waals surface area contributed by atoms with Crippen molar-refractivity contribution in [2.24, 2.45) is 0 Å². The highest BCUT2D eigenvalue weighted by Gasteiger charge is 2.49. The predicted molar refractivity (Wildman–Crippen MR) is 100 cm³/mol. The molecule has 2 N–H and O–H groups in total. The summed E-state index contributed by atoms with van der Waals surface area (Å²) in [5.74, 6) is 0. The molecule has 1 heterocycles. The number of sulfonamides is 1. The van der Waals surface area contributed by atoms with Gasteiger partial charge in [0.25, 0.3) is 0 Å². The summed E-state index contributed by atoms with van der Waals surface area (Å²) in [6, 6.07) is 8.60. The lowest BCUT2D eigenvalue weighted by Crippen LogP contribution is -2.54. The maximum Gasteiger partial charge on any atom is 0.243 e. The topological polar surface area (TPSA) is 81.1 Å². The van der Waals surface area contributed by atoms with Gasteiger partial charge in [0, 0.05) is 25.7 Å². The van der Waals surface area contributed by atoms with Gasteiger partial charge in [0.2, 0.25) is 10.0 Å². The molecule has 146 valence electrons. The van der Waals surface area contributed by atoms with E-state index in [-0.39, 0.29) is 18.0 Å². The highest BCUT2D eigenvalue weighted by molar-refractivity contribution is 7.89. The standard InChI is InChI=1S/C19H30N2O4S/c1-2-20(16-9-5-3-6-10-16)14-19(23)15-21(13-18(19)22)26(24,25)17-11-7-4-8-12-17/h4,7-8,11-12,16,18,22-23H,2-3,5-6,9-10,13-15H2,1H3/t18-,19+/m1/s1. The second kappa shape index (κ2) is 7.94. The first-order valence-electron chi connectivity index (χ1n) is 9.56. The second-order valence-electron chi connectivity index (χ2n) is 7.58. The van der Waals surface area contributed by atoms with Crippen molar-refractivity contribution in [1.29, 1.82) is 0 Å². The summed E-state index contributed by atoms with van der Waals surface area (Å²) < 4.78 is 26.8. The molecule has 0 unspecified atom stereocenters. The van der Waals surface area contributed by atoms with E-state index in [4.69, 9.17) is 0 Å². The minimum Gasteiger partial charge on any atom is -0.389 e. The Bertz CT molecular complexity index is 691. The third-order valence-corrected chi connectivity index (χ3v) is 7.63. The first-order valence-corrected chi connectivity index (χ1v) is 11.0. The highest BCUT2D eigenvalue weighted by Crippen LogP contribution is 2.31. The molecule has 3 rings (SSSR count). The molecule has 7 heteroatoms. The van der Waals surface area contributed by atoms with Crippen LogP contribution in [0.5, 0.6) is 0 Å². The van der Waals surface area contributed by atoms with Gasteiger partial charge in [-0.15, -0.1) is 0 Å². The zero-order valence-electron chi connectivity index (χ0n) is 15.4. The monoisotopic (exact) mass is 382 g/mol. The second-order valence-corrected chi connectivity index (χ2v) is 9.52. The van der Waals surface area contributed by atoms with E-state index in [1.165, 1.54) is 23.6 Å². The summed E-state index contributed by atoms with van der Waals surface area (Å²) in [6.07, 6.45) is 4.76. The first-order chi connectivity index (χ1) is 12.4. The summed E-state index contributed by atoms with van der Waals surface area (Å²) in [7, 11) is -3.72. The third kappa shape index (κ3) is 3.97. The Morgan fingerprint density at radius 3 is 2.46 bits per heavy atom. The zero-order valence-corrected chi connectivity index (χ0v) is 16.2. The number of hydrogen-bond donors (Lipinski definition) is 2. The van der Waals surface area contributed by atoms with Crippen LogP contribution in [-0.2, 0) is 10.0 Å². The lowest BCUT2D eigenvalue weighted by Gasteiger charge is -2.39. The number of benzene rings is 1. The Morgan fingerprint density at radius 1 is 1.19 bits per heavy atom. The Morgan fingerprint density at radius 2 is 1.85 bits per heavy atom. The largest absolute Gasteiger partial charge is 0.389 e. The van der Waals surface area contributed by atoms with E-state index >= 15 is 0 Å². The molecule has 1 aliphatic heterocycles. The molecule has 1 aromatic carbocycles. The van der Waals surface area contributed by atoms with Crippen LogP contribution >= 0.6 is 0 Å². The SMILES string of the molecule is CCN(C[C@]1(O)CN(S(=O)(=O)c2ccccc2)C[C@H]1O)C1CCCCC1. The van der Waals surface area contributed by atoms with Gasteiger partial charge in [-0.25, -0.2) is 8.42 Å². The lowest BCUT2D eigenvalue weighted by atomic mass is 9.92. The van der Waals surface area contributed by atoms with Crippen LogP contribution in [0, 0.1) is 0 Å². The molecule has 1 saturated carbocycles. The Kier molecular flexibility index (Phi) is 6.04. The first kappa shape index (κ1) is 19.8. The van der Waals surface area contributed by atoms with Gasteiger partial charge in [-0.2, -0.15) is 4.31 Å². The van der Waals surface area contributed by atoms with Crippen LogP contribution in [0.15, 0.2) is 35.2 Å². The predicted octanol–water partition coefficient (Wildman–Crippen LogP) is 1.44. The number of hydrogen-bond acceptors (Lipinski definition) is 5. The molecule has 6 nitrogen and oxygen atoms in total. The van der Waals surface area contributed by atoms with Crippen molar-refractivity contribution in [2.75, 3.05) is 26.2 Å². The van der Waals surface area contributed by atoms with Crippen LogP contribution in [0.4, 0.5) is 0 Å². The van der Waals surface area contributed by atoms with Gasteiger partial charge in [0.05, 0.1) is 11.0 Å². The van der Waals surface area contributed by atoms with Crippen molar-refractivity contribution in [3.8, 4) is 0 Å². The molecular weight excluding hydrogens is 352 g/mol. The van der Waals surface area contributed by atoms with Gasteiger partial charge < -0.3 is 10.2 Å². The van der Waals surface area contributed by atoms with E-state index in [0.717, 1.165) is 19.4 Å². The Hall–Kier alpha value is -0.990. The van der Waals surface area contributed by atoms with Crippen LogP contribution in [0.25, 0.3) is 0 Å². The smallest absolute Gasteiger partial charge is 0.243 e. The minimum absolute atomic E-state index is 0.0735. The van der Waals surface area contributed by atoms with Gasteiger partial charge in [0.15, 0.2) is 0 Å². The molecule has 2 atom stereocenters. The number of rotatable bonds is 6. The molecule has 2 fully saturated rings. The molecule has 1 aliphatic carbocycles. The number of likely N-dealkylation sites (N-methyl/N-ethyl adjacent to an activating group) is 1. The Balaban J connectivity index is 1.74. The zero-order chi connectivity index (χ0) is 18.8. The third-order valence-electron chi connectivity index (χ3n) is 5.80. The summed E-state index contributed by atoms with van der Waals surface area (Å²) in [5.41, 5.74) is -1.44. The molecule has 26 heavy (non-hydrogen) atoms. The molecule has 0 aromatic heterocycles. The van der Waals surface area contributed by atoms with E-state index < -0.39 is 21.7 Å². The summed E-state index contributed by atoms with van der Waals surface area (Å²) in [6.45, 7) is 2.99. The normalized spacial score (nSPS) is 28.7. The van der Waals surface area contributed by atoms with Gasteiger partial charge in [-0.1, -0.05) is 44.4 Å². The van der Waals surface area contributed by atoms with Crippen LogP contribution in [0.2, 0.25) is 0 Å². The van der Waals surface area contributed by atoms with Crippen molar-refractivity contribution >= 4 is 10.0 Å². The van der Waals surface area contributed by atoms with Gasteiger partial charge in [0.1, 0.15) is 5.60 Å². The van der Waals surface area contributed by atoms with Crippen molar-refractivity contribution in [1.82, 2.24) is 9.21 Å². The number of β-amino-alcohol motifs (C(OH)–C–C–N with tert-alkyl or cyclic N) is 2. The van der Waals surface area contributed by atoms with E-state index in [1.807, 2.05) is 0 Å². The molecule has 1 saturated heterocycles. The molecule has 0 radical (unpaired) electrons. The van der Waals surface area contributed by atoms with E-state index in [1.54, 1.807) is 30.3 Å². The van der Waals surface area contributed by atoms with Crippen molar-refractivity contribution in [3.05, 3.63) is 30.3 Å². The summed E-state index contributed by atoms with van der Waals surface area (Å²) in [5, 5.41) is 21.6. The maximum absolute atomic E-state index is 12.8. The van der Waals surface area contributed by atoms with Crippen LogP contribution in [0.1, 0.15) is 39.0 Å². The lowest BCUT2D eigenvalue weighted by molar-refractivity contribution is -0.0690. The van der Waals surface area contributed by atoms with Gasteiger partial charge in [-0.3, -0.25) is 4.90 Å². The van der Waals surface area contributed by atoms with Crippen LogP contribution < -0.4 is 0 Å². The van der Waals surface area contributed by atoms with Crippen molar-refractivity contribution < 1.29 is 18.6 Å². The fraction of sp³-hybridized carbons (Fsp3) is 0.684. The Labute approximate surface area is 156 Å². The van der Waals surface area contributed by atoms with Crippen LogP contribution in [-0.4, -0.2) is 71.8 Å². The number of aliphatic hydroxyl groups is 2. The minimum atomic E-state index is -3.72. The molecule has 0 spiro atoms. The van der Waals surface area contributed by atoms with Crippen LogP contribution in [0.3, 0.4) is 0 Å². The number of nitrogens with zero attached hydrogens (tertiary/aromatic N) is 2. The fourth-order valence-corrected chi connectivity index (χ4v) is 5.75. The van der Waals surface area contributed by atoms with Gasteiger partial charge >= 0.3 is 0 Å². The van der Waals surface area contributed by atoms with E-state index in [9.17, 15) is 18.6 Å².